The third-order valence-electron chi connectivity index (χ3n) is 1.99. The maximum Gasteiger partial charge on any atom is 0.247 e. The highest BCUT2D eigenvalue weighted by Gasteiger charge is 2.21. The van der Waals surface area contributed by atoms with Gasteiger partial charge in [0.15, 0.2) is 0 Å². The van der Waals surface area contributed by atoms with E-state index in [9.17, 15) is 0 Å². The summed E-state index contributed by atoms with van der Waals surface area (Å²) in [5, 5.41) is 8.04. The Hall–Kier alpha value is -1.71. The topological polar surface area (TPSA) is 51.8 Å². The molecule has 0 N–H and O–H groups in total. The second kappa shape index (κ2) is 3.46. The zero-order chi connectivity index (χ0) is 10.9. The van der Waals surface area contributed by atoms with E-state index >= 15 is 0 Å². The summed E-state index contributed by atoms with van der Waals surface area (Å²) in [7, 11) is 0. The second-order valence-electron chi connectivity index (χ2n) is 4.40. The van der Waals surface area contributed by atoms with E-state index in [-0.39, 0.29) is 5.41 Å². The number of pyridine rings is 1. The van der Waals surface area contributed by atoms with Crippen molar-refractivity contribution in [2.45, 2.75) is 26.2 Å². The molecular formula is C11H13N3O. The molecule has 2 aromatic rings. The minimum atomic E-state index is -0.113. The first-order valence-corrected chi connectivity index (χ1v) is 4.82. The van der Waals surface area contributed by atoms with Crippen LogP contribution in [0.15, 0.2) is 28.9 Å². The van der Waals surface area contributed by atoms with Crippen molar-refractivity contribution in [3.8, 4) is 11.5 Å². The molecule has 0 radical (unpaired) electrons. The summed E-state index contributed by atoms with van der Waals surface area (Å²) in [4.78, 5) is 3.94. The third-order valence-corrected chi connectivity index (χ3v) is 1.99. The van der Waals surface area contributed by atoms with Crippen molar-refractivity contribution in [3.05, 3.63) is 30.4 Å². The average Bonchev–Trinajstić information content (AvgIpc) is 2.67. The van der Waals surface area contributed by atoms with Crippen LogP contribution in [0.5, 0.6) is 0 Å². The molecule has 0 bridgehead atoms. The molecule has 4 nitrogen and oxygen atoms in total. The van der Waals surface area contributed by atoms with Gasteiger partial charge >= 0.3 is 0 Å². The van der Waals surface area contributed by atoms with E-state index in [4.69, 9.17) is 4.42 Å². The van der Waals surface area contributed by atoms with Crippen LogP contribution in [0.4, 0.5) is 0 Å². The van der Waals surface area contributed by atoms with Gasteiger partial charge in [0.2, 0.25) is 11.8 Å². The standard InChI is InChI=1S/C11H13N3O/c1-11(2,3)10-14-13-9(15-10)8-4-6-12-7-5-8/h4-7H,1-3H3. The van der Waals surface area contributed by atoms with Crippen LogP contribution < -0.4 is 0 Å². The summed E-state index contributed by atoms with van der Waals surface area (Å²) in [6.45, 7) is 6.12. The predicted molar refractivity (Wildman–Crippen MR) is 56.2 cm³/mol. The lowest BCUT2D eigenvalue weighted by atomic mass is 9.97. The predicted octanol–water partition coefficient (Wildman–Crippen LogP) is 2.43. The van der Waals surface area contributed by atoms with Gasteiger partial charge in [-0.25, -0.2) is 0 Å². The summed E-state index contributed by atoms with van der Waals surface area (Å²) in [5.41, 5.74) is 0.783. The Labute approximate surface area is 88.4 Å². The fourth-order valence-corrected chi connectivity index (χ4v) is 1.14. The number of nitrogens with zero attached hydrogens (tertiary/aromatic N) is 3. The molecule has 2 heterocycles. The maximum atomic E-state index is 5.58. The highest BCUT2D eigenvalue weighted by Crippen LogP contribution is 2.24. The summed E-state index contributed by atoms with van der Waals surface area (Å²) in [6.07, 6.45) is 3.41. The zero-order valence-corrected chi connectivity index (χ0v) is 9.06. The van der Waals surface area contributed by atoms with Gasteiger partial charge in [-0.2, -0.15) is 0 Å². The molecule has 0 fully saturated rings. The highest BCUT2D eigenvalue weighted by atomic mass is 16.4. The number of hydrogen-bond acceptors (Lipinski definition) is 4. The van der Waals surface area contributed by atoms with Crippen molar-refractivity contribution in [2.75, 3.05) is 0 Å². The summed E-state index contributed by atoms with van der Waals surface area (Å²) in [6, 6.07) is 3.69. The van der Waals surface area contributed by atoms with Crippen LogP contribution in [0.2, 0.25) is 0 Å². The maximum absolute atomic E-state index is 5.58. The van der Waals surface area contributed by atoms with Gasteiger partial charge in [0.05, 0.1) is 0 Å². The Morgan fingerprint density at radius 1 is 1.07 bits per heavy atom. The van der Waals surface area contributed by atoms with Gasteiger partial charge < -0.3 is 4.42 Å². The molecule has 2 aromatic heterocycles. The van der Waals surface area contributed by atoms with Crippen LogP contribution in [0, 0.1) is 0 Å². The molecule has 78 valence electrons. The van der Waals surface area contributed by atoms with Crippen LogP contribution >= 0.6 is 0 Å². The van der Waals surface area contributed by atoms with E-state index in [2.05, 4.69) is 15.2 Å². The molecule has 0 aliphatic carbocycles. The Morgan fingerprint density at radius 3 is 2.27 bits per heavy atom. The van der Waals surface area contributed by atoms with Crippen LogP contribution in [-0.4, -0.2) is 15.2 Å². The van der Waals surface area contributed by atoms with Crippen LogP contribution in [-0.2, 0) is 5.41 Å². The van der Waals surface area contributed by atoms with Crippen molar-refractivity contribution in [2.24, 2.45) is 0 Å². The Balaban J connectivity index is 2.37. The van der Waals surface area contributed by atoms with Gasteiger partial charge in [0.1, 0.15) is 0 Å². The molecule has 0 aromatic carbocycles. The van der Waals surface area contributed by atoms with Crippen molar-refractivity contribution in [1.29, 1.82) is 0 Å². The van der Waals surface area contributed by atoms with E-state index < -0.39 is 0 Å². The largest absolute Gasteiger partial charge is 0.420 e. The summed E-state index contributed by atoms with van der Waals surface area (Å²) >= 11 is 0. The van der Waals surface area contributed by atoms with E-state index in [1.54, 1.807) is 12.4 Å². The van der Waals surface area contributed by atoms with Gasteiger partial charge in [-0.1, -0.05) is 20.8 Å². The fraction of sp³-hybridized carbons (Fsp3) is 0.364. The SMILES string of the molecule is CC(C)(C)c1nnc(-c2ccncc2)o1. The van der Waals surface area contributed by atoms with Crippen LogP contribution in [0.1, 0.15) is 26.7 Å². The first kappa shape index (κ1) is 9.83. The molecule has 0 atom stereocenters. The van der Waals surface area contributed by atoms with E-state index in [0.717, 1.165) is 5.56 Å². The molecule has 0 aliphatic heterocycles. The summed E-state index contributed by atoms with van der Waals surface area (Å²) < 4.78 is 5.58. The Kier molecular flexibility index (Phi) is 2.26. The molecular weight excluding hydrogens is 190 g/mol. The van der Waals surface area contributed by atoms with Gasteiger partial charge in [0.25, 0.3) is 0 Å². The summed E-state index contributed by atoms with van der Waals surface area (Å²) in [5.74, 6) is 1.19. The molecule has 0 aliphatic rings. The van der Waals surface area contributed by atoms with Gasteiger partial charge in [0, 0.05) is 23.4 Å². The third kappa shape index (κ3) is 2.03. The quantitative estimate of drug-likeness (QED) is 0.714. The first-order chi connectivity index (χ1) is 7.07. The molecule has 4 heteroatoms. The van der Waals surface area contributed by atoms with Crippen molar-refractivity contribution < 1.29 is 4.42 Å². The molecule has 0 unspecified atom stereocenters. The lowest BCUT2D eigenvalue weighted by Gasteiger charge is -2.10. The van der Waals surface area contributed by atoms with Crippen LogP contribution in [0.25, 0.3) is 11.5 Å². The average molecular weight is 203 g/mol. The molecule has 2 rings (SSSR count). The van der Waals surface area contributed by atoms with E-state index in [1.165, 1.54) is 0 Å². The van der Waals surface area contributed by atoms with Gasteiger partial charge in [-0.05, 0) is 12.1 Å². The number of rotatable bonds is 1. The highest BCUT2D eigenvalue weighted by molar-refractivity contribution is 5.50. The van der Waals surface area contributed by atoms with Crippen LogP contribution in [0.3, 0.4) is 0 Å². The Bertz CT molecular complexity index is 442. The number of aromatic nitrogens is 3. The smallest absolute Gasteiger partial charge is 0.247 e. The van der Waals surface area contributed by atoms with Crippen molar-refractivity contribution in [3.63, 3.8) is 0 Å². The van der Waals surface area contributed by atoms with Gasteiger partial charge in [-0.15, -0.1) is 10.2 Å². The second-order valence-corrected chi connectivity index (χ2v) is 4.40. The molecule has 15 heavy (non-hydrogen) atoms. The molecule has 0 saturated heterocycles. The monoisotopic (exact) mass is 203 g/mol. The van der Waals surface area contributed by atoms with E-state index in [0.29, 0.717) is 11.8 Å². The number of hydrogen-bond donors (Lipinski definition) is 0. The van der Waals surface area contributed by atoms with Crippen molar-refractivity contribution in [1.82, 2.24) is 15.2 Å². The normalized spacial score (nSPS) is 11.7. The lowest BCUT2D eigenvalue weighted by molar-refractivity contribution is 0.399. The Morgan fingerprint density at radius 2 is 1.73 bits per heavy atom. The molecule has 0 spiro atoms. The van der Waals surface area contributed by atoms with Crippen molar-refractivity contribution >= 4 is 0 Å². The zero-order valence-electron chi connectivity index (χ0n) is 9.06. The minimum absolute atomic E-state index is 0.113. The minimum Gasteiger partial charge on any atom is -0.420 e. The van der Waals surface area contributed by atoms with E-state index in [1.807, 2.05) is 32.9 Å². The molecule has 0 amide bonds. The lowest BCUT2D eigenvalue weighted by Crippen LogP contribution is -2.11. The fourth-order valence-electron chi connectivity index (χ4n) is 1.14. The van der Waals surface area contributed by atoms with Gasteiger partial charge in [-0.3, -0.25) is 4.98 Å². The molecule has 0 saturated carbocycles. The first-order valence-electron chi connectivity index (χ1n) is 4.82.